The van der Waals surface area contributed by atoms with Crippen molar-refractivity contribution in [3.05, 3.63) is 95.8 Å². The molecule has 3 heterocycles. The van der Waals surface area contributed by atoms with E-state index in [4.69, 9.17) is 14.9 Å². The molecule has 7 heteroatoms. The van der Waals surface area contributed by atoms with E-state index >= 15 is 0 Å². The second-order valence-corrected chi connectivity index (χ2v) is 7.79. The Kier molecular flexibility index (Phi) is 6.85. The highest BCUT2D eigenvalue weighted by Gasteiger charge is 2.30. The van der Waals surface area contributed by atoms with E-state index in [9.17, 15) is 10.2 Å². The van der Waals surface area contributed by atoms with Crippen LogP contribution in [0.4, 0.5) is 5.69 Å². The van der Waals surface area contributed by atoms with Crippen LogP contribution in [0.2, 0.25) is 0 Å². The van der Waals surface area contributed by atoms with E-state index in [1.807, 2.05) is 60.8 Å². The van der Waals surface area contributed by atoms with Crippen molar-refractivity contribution in [3.63, 3.8) is 0 Å². The van der Waals surface area contributed by atoms with Crippen LogP contribution in [-0.4, -0.2) is 33.6 Å². The third kappa shape index (κ3) is 4.60. The molecule has 172 valence electrons. The Morgan fingerprint density at radius 2 is 1.76 bits per heavy atom. The fraction of sp³-hybridized carbons (Fsp3) is 0.148. The van der Waals surface area contributed by atoms with Crippen LogP contribution >= 0.6 is 0 Å². The van der Waals surface area contributed by atoms with E-state index in [-0.39, 0.29) is 12.5 Å². The van der Waals surface area contributed by atoms with Crippen LogP contribution in [0.15, 0.2) is 89.6 Å². The minimum Gasteiger partial charge on any atom is -0.550 e. The number of aromatic hydroxyl groups is 1. The number of pyridine rings is 1. The number of aliphatic hydroxyl groups is 1. The molecular weight excluding hydrogens is 430 g/mol. The Hall–Kier alpha value is -4.23. The van der Waals surface area contributed by atoms with Crippen molar-refractivity contribution in [1.82, 2.24) is 4.57 Å². The van der Waals surface area contributed by atoms with Crippen LogP contribution in [0.25, 0.3) is 16.6 Å². The zero-order valence-corrected chi connectivity index (χ0v) is 18.8. The highest BCUT2D eigenvalue weighted by molar-refractivity contribution is 5.99. The van der Waals surface area contributed by atoms with Crippen molar-refractivity contribution in [3.8, 4) is 5.88 Å². The highest BCUT2D eigenvalue weighted by Crippen LogP contribution is 2.38. The summed E-state index contributed by atoms with van der Waals surface area (Å²) in [6.07, 6.45) is 4.70. The number of carboxylic acid groups (broad SMARTS) is 1. The SMILES string of the molecule is CC(=O)[O-].OCCn1c(O)c(N=CC2=C(c3ccccc3)[n+]3ccccc3C2)c2ccccc21. The molecule has 0 saturated carbocycles. The smallest absolute Gasteiger partial charge is 0.223 e. The molecular formula is C27H25N3O4. The number of carbonyl (C=O) groups is 1. The number of fused-ring (bicyclic) bond motifs is 2. The third-order valence-corrected chi connectivity index (χ3v) is 5.50. The van der Waals surface area contributed by atoms with Crippen LogP contribution < -0.4 is 9.67 Å². The second-order valence-electron chi connectivity index (χ2n) is 7.79. The van der Waals surface area contributed by atoms with Gasteiger partial charge in [-0.15, -0.1) is 0 Å². The largest absolute Gasteiger partial charge is 0.550 e. The summed E-state index contributed by atoms with van der Waals surface area (Å²) in [4.78, 5) is 13.6. The predicted molar refractivity (Wildman–Crippen MR) is 129 cm³/mol. The number of rotatable bonds is 5. The molecule has 0 unspecified atom stereocenters. The van der Waals surface area contributed by atoms with Crippen LogP contribution in [0.1, 0.15) is 18.2 Å². The van der Waals surface area contributed by atoms with Gasteiger partial charge in [0.15, 0.2) is 11.9 Å². The molecule has 0 amide bonds. The van der Waals surface area contributed by atoms with E-state index in [1.54, 1.807) is 4.57 Å². The fourth-order valence-electron chi connectivity index (χ4n) is 4.17. The maximum atomic E-state index is 10.8. The van der Waals surface area contributed by atoms with Crippen molar-refractivity contribution in [2.75, 3.05) is 6.61 Å². The van der Waals surface area contributed by atoms with Gasteiger partial charge in [-0.3, -0.25) is 0 Å². The minimum absolute atomic E-state index is 0.0509. The van der Waals surface area contributed by atoms with Gasteiger partial charge in [-0.1, -0.05) is 42.5 Å². The number of carboxylic acids is 1. The molecule has 2 N–H and O–H groups in total. The summed E-state index contributed by atoms with van der Waals surface area (Å²) < 4.78 is 3.90. The first-order chi connectivity index (χ1) is 16.5. The zero-order chi connectivity index (χ0) is 24.1. The molecule has 1 aliphatic heterocycles. The molecule has 0 spiro atoms. The number of nitrogens with zero attached hydrogens (tertiary/aromatic N) is 3. The third-order valence-electron chi connectivity index (χ3n) is 5.50. The molecule has 0 aliphatic carbocycles. The summed E-state index contributed by atoms with van der Waals surface area (Å²) in [7, 11) is 0. The Morgan fingerprint density at radius 1 is 1.09 bits per heavy atom. The van der Waals surface area contributed by atoms with Gasteiger partial charge >= 0.3 is 0 Å². The molecule has 0 radical (unpaired) electrons. The van der Waals surface area contributed by atoms with Crippen molar-refractivity contribution >= 4 is 34.5 Å². The number of para-hydroxylation sites is 1. The van der Waals surface area contributed by atoms with E-state index in [0.717, 1.165) is 41.1 Å². The Labute approximate surface area is 197 Å². The maximum absolute atomic E-state index is 10.8. The number of hydrogen-bond acceptors (Lipinski definition) is 5. The summed E-state index contributed by atoms with van der Waals surface area (Å²) >= 11 is 0. The average Bonchev–Trinajstić information content (AvgIpc) is 3.33. The lowest BCUT2D eigenvalue weighted by Crippen LogP contribution is -2.33. The predicted octanol–water partition coefficient (Wildman–Crippen LogP) is 2.60. The molecule has 1 aliphatic rings. The summed E-state index contributed by atoms with van der Waals surface area (Å²) in [5.41, 5.74) is 5.90. The summed E-state index contributed by atoms with van der Waals surface area (Å²) in [5, 5.41) is 29.9. The van der Waals surface area contributed by atoms with Gasteiger partial charge in [0.1, 0.15) is 5.69 Å². The normalized spacial score (nSPS) is 12.6. The number of allylic oxidation sites excluding steroid dienone is 1. The lowest BCUT2D eigenvalue weighted by molar-refractivity contribution is -0.582. The summed E-state index contributed by atoms with van der Waals surface area (Å²) in [5.74, 6) is -1.01. The monoisotopic (exact) mass is 455 g/mol. The number of aromatic nitrogens is 2. The molecule has 0 fully saturated rings. The van der Waals surface area contributed by atoms with E-state index in [1.165, 1.54) is 5.69 Å². The molecule has 4 aromatic rings. The summed E-state index contributed by atoms with van der Waals surface area (Å²) in [6, 6.07) is 24.2. The van der Waals surface area contributed by atoms with Crippen LogP contribution in [0.5, 0.6) is 5.88 Å². The average molecular weight is 456 g/mol. The standard InChI is InChI=1S/C25H21N3O2.C2H4O2/c29-15-14-28-22-12-5-4-11-21(22)23(25(28)30)26-17-19-16-20-10-6-7-13-27(20)24(19)18-8-2-1-3-9-18;1-2(3)4/h1-13,17,29H,14-16H2;1H3,(H,3,4). The van der Waals surface area contributed by atoms with Crippen molar-refractivity contribution < 1.29 is 24.7 Å². The first kappa shape index (κ1) is 22.9. The van der Waals surface area contributed by atoms with E-state index < -0.39 is 5.97 Å². The molecule has 0 atom stereocenters. The first-order valence-electron chi connectivity index (χ1n) is 10.9. The van der Waals surface area contributed by atoms with Gasteiger partial charge in [0.25, 0.3) is 0 Å². The number of aliphatic hydroxyl groups excluding tert-OH is 1. The first-order valence-corrected chi connectivity index (χ1v) is 10.9. The van der Waals surface area contributed by atoms with E-state index in [0.29, 0.717) is 12.2 Å². The van der Waals surface area contributed by atoms with Crippen LogP contribution in [-0.2, 0) is 17.8 Å². The van der Waals surface area contributed by atoms with Gasteiger partial charge < -0.3 is 24.7 Å². The second kappa shape index (κ2) is 10.1. The molecule has 5 rings (SSSR count). The molecule has 2 aromatic carbocycles. The molecule has 0 saturated heterocycles. The lowest BCUT2D eigenvalue weighted by atomic mass is 10.1. The molecule has 2 aromatic heterocycles. The van der Waals surface area contributed by atoms with E-state index in [2.05, 4.69) is 29.0 Å². The van der Waals surface area contributed by atoms with Gasteiger partial charge in [-0.05, 0) is 25.1 Å². The summed E-state index contributed by atoms with van der Waals surface area (Å²) in [6.45, 7) is 1.24. The maximum Gasteiger partial charge on any atom is 0.223 e. The number of benzene rings is 2. The zero-order valence-electron chi connectivity index (χ0n) is 18.8. The number of carbonyl (C=O) groups excluding carboxylic acids is 1. The van der Waals surface area contributed by atoms with Gasteiger partial charge in [0.2, 0.25) is 11.6 Å². The fourth-order valence-corrected chi connectivity index (χ4v) is 4.17. The molecule has 0 bridgehead atoms. The quantitative estimate of drug-likeness (QED) is 0.357. The van der Waals surface area contributed by atoms with Gasteiger partial charge in [0, 0.05) is 41.8 Å². The van der Waals surface area contributed by atoms with Gasteiger partial charge in [-0.2, -0.15) is 4.57 Å². The van der Waals surface area contributed by atoms with Crippen LogP contribution in [0, 0.1) is 0 Å². The number of aliphatic imine (C=N–C) groups is 1. The molecule has 7 nitrogen and oxygen atoms in total. The highest BCUT2D eigenvalue weighted by atomic mass is 16.4. The number of hydrogen-bond donors (Lipinski definition) is 2. The van der Waals surface area contributed by atoms with Crippen molar-refractivity contribution in [2.45, 2.75) is 19.9 Å². The molecule has 34 heavy (non-hydrogen) atoms. The number of aliphatic carboxylic acids is 1. The van der Waals surface area contributed by atoms with Gasteiger partial charge in [-0.25, -0.2) is 4.99 Å². The lowest BCUT2D eigenvalue weighted by Gasteiger charge is -2.03. The van der Waals surface area contributed by atoms with Crippen molar-refractivity contribution in [1.29, 1.82) is 0 Å². The topological polar surface area (TPSA) is 102 Å². The Morgan fingerprint density at radius 3 is 2.50 bits per heavy atom. The van der Waals surface area contributed by atoms with Crippen LogP contribution in [0.3, 0.4) is 0 Å². The Balaban J connectivity index is 0.000000636. The Bertz CT molecular complexity index is 1380. The van der Waals surface area contributed by atoms with Gasteiger partial charge in [0.05, 0.1) is 24.1 Å². The van der Waals surface area contributed by atoms with Crippen molar-refractivity contribution in [2.24, 2.45) is 4.99 Å². The minimum atomic E-state index is -1.08.